The van der Waals surface area contributed by atoms with Crippen LogP contribution in [0, 0.1) is 0 Å². The standard InChI is InChI=1S/C13H19NOS/c1-3-4-5-13(15)14-8-6-12-11(10(14)2)7-9-16-12/h7,9-10H,3-6,8H2,1-2H3. The van der Waals surface area contributed by atoms with Crippen molar-refractivity contribution in [3.63, 3.8) is 0 Å². The topological polar surface area (TPSA) is 20.3 Å². The molecule has 0 saturated carbocycles. The van der Waals surface area contributed by atoms with Crippen molar-refractivity contribution >= 4 is 17.2 Å². The maximum absolute atomic E-state index is 12.0. The number of rotatable bonds is 3. The fourth-order valence-corrected chi connectivity index (χ4v) is 3.28. The molecular formula is C13H19NOS. The number of amides is 1. The monoisotopic (exact) mass is 237 g/mol. The Hall–Kier alpha value is -0.830. The number of thiophene rings is 1. The van der Waals surface area contributed by atoms with Crippen LogP contribution in [0.5, 0.6) is 0 Å². The molecule has 1 aromatic heterocycles. The molecule has 1 amide bonds. The van der Waals surface area contributed by atoms with E-state index in [1.807, 2.05) is 16.2 Å². The lowest BCUT2D eigenvalue weighted by atomic mass is 10.0. The molecule has 0 aliphatic carbocycles. The predicted molar refractivity (Wildman–Crippen MR) is 67.7 cm³/mol. The van der Waals surface area contributed by atoms with Gasteiger partial charge in [-0.05, 0) is 36.8 Å². The van der Waals surface area contributed by atoms with Gasteiger partial charge in [-0.25, -0.2) is 0 Å². The zero-order valence-electron chi connectivity index (χ0n) is 10.0. The highest BCUT2D eigenvalue weighted by Gasteiger charge is 2.27. The molecular weight excluding hydrogens is 218 g/mol. The molecule has 0 bridgehead atoms. The molecule has 1 aromatic rings. The van der Waals surface area contributed by atoms with E-state index in [9.17, 15) is 4.79 Å². The highest BCUT2D eigenvalue weighted by Crippen LogP contribution is 2.33. The molecule has 0 saturated heterocycles. The maximum atomic E-state index is 12.0. The third kappa shape index (κ3) is 2.14. The van der Waals surface area contributed by atoms with Crippen molar-refractivity contribution in [3.05, 3.63) is 21.9 Å². The Morgan fingerprint density at radius 2 is 2.44 bits per heavy atom. The quantitative estimate of drug-likeness (QED) is 0.789. The number of fused-ring (bicyclic) bond motifs is 1. The average molecular weight is 237 g/mol. The summed E-state index contributed by atoms with van der Waals surface area (Å²) in [5, 5.41) is 2.14. The van der Waals surface area contributed by atoms with Crippen LogP contribution in [0.2, 0.25) is 0 Å². The molecule has 0 aromatic carbocycles. The zero-order chi connectivity index (χ0) is 11.5. The van der Waals surface area contributed by atoms with E-state index >= 15 is 0 Å². The number of carbonyl (C=O) groups excluding carboxylic acids is 1. The Bertz CT molecular complexity index is 372. The van der Waals surface area contributed by atoms with Gasteiger partial charge in [0, 0.05) is 17.8 Å². The smallest absolute Gasteiger partial charge is 0.223 e. The van der Waals surface area contributed by atoms with Crippen molar-refractivity contribution in [3.8, 4) is 0 Å². The summed E-state index contributed by atoms with van der Waals surface area (Å²) < 4.78 is 0. The number of hydrogen-bond acceptors (Lipinski definition) is 2. The lowest BCUT2D eigenvalue weighted by Crippen LogP contribution is -2.38. The van der Waals surface area contributed by atoms with Gasteiger partial charge in [0.25, 0.3) is 0 Å². The van der Waals surface area contributed by atoms with Crippen molar-refractivity contribution in [2.24, 2.45) is 0 Å². The van der Waals surface area contributed by atoms with Gasteiger partial charge in [-0.3, -0.25) is 4.79 Å². The van der Waals surface area contributed by atoms with Gasteiger partial charge in [-0.2, -0.15) is 0 Å². The molecule has 2 rings (SSSR count). The van der Waals surface area contributed by atoms with Gasteiger partial charge in [0.15, 0.2) is 0 Å². The lowest BCUT2D eigenvalue weighted by molar-refractivity contribution is -0.133. The molecule has 0 N–H and O–H groups in total. The average Bonchev–Trinajstić information content (AvgIpc) is 2.75. The van der Waals surface area contributed by atoms with E-state index in [-0.39, 0.29) is 6.04 Å². The highest BCUT2D eigenvalue weighted by molar-refractivity contribution is 7.10. The van der Waals surface area contributed by atoms with Gasteiger partial charge in [0.05, 0.1) is 6.04 Å². The largest absolute Gasteiger partial charge is 0.336 e. The van der Waals surface area contributed by atoms with E-state index in [1.165, 1.54) is 10.4 Å². The van der Waals surface area contributed by atoms with E-state index in [1.54, 1.807) is 0 Å². The summed E-state index contributed by atoms with van der Waals surface area (Å²) >= 11 is 1.82. The normalized spacial score (nSPS) is 19.6. The maximum Gasteiger partial charge on any atom is 0.223 e. The first kappa shape index (κ1) is 11.6. The Morgan fingerprint density at radius 1 is 1.62 bits per heavy atom. The number of unbranched alkanes of at least 4 members (excludes halogenated alkanes) is 1. The summed E-state index contributed by atoms with van der Waals surface area (Å²) in [6.45, 7) is 5.18. The van der Waals surface area contributed by atoms with E-state index in [0.717, 1.165) is 25.8 Å². The van der Waals surface area contributed by atoms with Gasteiger partial charge < -0.3 is 4.90 Å². The van der Waals surface area contributed by atoms with Crippen molar-refractivity contribution in [2.45, 2.75) is 45.6 Å². The van der Waals surface area contributed by atoms with Gasteiger partial charge >= 0.3 is 0 Å². The fraction of sp³-hybridized carbons (Fsp3) is 0.615. The number of hydrogen-bond donors (Lipinski definition) is 0. The minimum Gasteiger partial charge on any atom is -0.336 e. The van der Waals surface area contributed by atoms with Crippen LogP contribution in [0.4, 0.5) is 0 Å². The van der Waals surface area contributed by atoms with Crippen molar-refractivity contribution < 1.29 is 4.79 Å². The third-order valence-corrected chi connectivity index (χ3v) is 4.34. The van der Waals surface area contributed by atoms with Crippen LogP contribution < -0.4 is 0 Å². The first-order valence-corrected chi connectivity index (χ1v) is 6.97. The van der Waals surface area contributed by atoms with Crippen LogP contribution in [0.3, 0.4) is 0 Å². The molecule has 1 atom stereocenters. The van der Waals surface area contributed by atoms with Crippen LogP contribution in [0.15, 0.2) is 11.4 Å². The minimum absolute atomic E-state index is 0.277. The molecule has 0 radical (unpaired) electrons. The first-order chi connectivity index (χ1) is 7.74. The Morgan fingerprint density at radius 3 is 3.19 bits per heavy atom. The highest BCUT2D eigenvalue weighted by atomic mass is 32.1. The van der Waals surface area contributed by atoms with Crippen LogP contribution in [0.25, 0.3) is 0 Å². The molecule has 2 nitrogen and oxygen atoms in total. The second-order valence-corrected chi connectivity index (χ2v) is 5.42. The molecule has 0 fully saturated rings. The van der Waals surface area contributed by atoms with Crippen LogP contribution >= 0.6 is 11.3 Å². The molecule has 1 aliphatic heterocycles. The summed E-state index contributed by atoms with van der Waals surface area (Å²) in [7, 11) is 0. The summed E-state index contributed by atoms with van der Waals surface area (Å²) in [6.07, 6.45) is 3.85. The lowest BCUT2D eigenvalue weighted by Gasteiger charge is -2.33. The fourth-order valence-electron chi connectivity index (χ4n) is 2.32. The van der Waals surface area contributed by atoms with Gasteiger partial charge in [0.2, 0.25) is 5.91 Å². The van der Waals surface area contributed by atoms with Crippen LogP contribution in [-0.2, 0) is 11.2 Å². The Labute approximate surface area is 101 Å². The molecule has 1 unspecified atom stereocenters. The summed E-state index contributed by atoms with van der Waals surface area (Å²) in [6, 6.07) is 2.45. The zero-order valence-corrected chi connectivity index (χ0v) is 10.8. The van der Waals surface area contributed by atoms with Crippen LogP contribution in [-0.4, -0.2) is 17.4 Å². The van der Waals surface area contributed by atoms with E-state index < -0.39 is 0 Å². The molecule has 0 spiro atoms. The molecule has 1 aliphatic rings. The van der Waals surface area contributed by atoms with Gasteiger partial charge in [-0.15, -0.1) is 11.3 Å². The summed E-state index contributed by atoms with van der Waals surface area (Å²) in [5.74, 6) is 0.325. The summed E-state index contributed by atoms with van der Waals surface area (Å²) in [5.41, 5.74) is 1.36. The van der Waals surface area contributed by atoms with E-state index in [2.05, 4.69) is 25.3 Å². The van der Waals surface area contributed by atoms with E-state index in [0.29, 0.717) is 12.3 Å². The predicted octanol–water partition coefficient (Wildman–Crippen LogP) is 3.38. The third-order valence-electron chi connectivity index (χ3n) is 3.34. The Balaban J connectivity index is 2.06. The molecule has 2 heterocycles. The second kappa shape index (κ2) is 5.00. The van der Waals surface area contributed by atoms with Crippen LogP contribution in [0.1, 0.15) is 49.6 Å². The second-order valence-electron chi connectivity index (χ2n) is 4.42. The number of carbonyl (C=O) groups is 1. The Kier molecular flexibility index (Phi) is 3.64. The molecule has 16 heavy (non-hydrogen) atoms. The van der Waals surface area contributed by atoms with Crippen molar-refractivity contribution in [1.29, 1.82) is 0 Å². The van der Waals surface area contributed by atoms with Crippen molar-refractivity contribution in [2.75, 3.05) is 6.54 Å². The van der Waals surface area contributed by atoms with Gasteiger partial charge in [0.1, 0.15) is 0 Å². The van der Waals surface area contributed by atoms with Crippen molar-refractivity contribution in [1.82, 2.24) is 4.90 Å². The SMILES string of the molecule is CCCCC(=O)N1CCc2sccc2C1C. The number of nitrogens with zero attached hydrogens (tertiary/aromatic N) is 1. The minimum atomic E-state index is 0.277. The summed E-state index contributed by atoms with van der Waals surface area (Å²) in [4.78, 5) is 15.5. The first-order valence-electron chi connectivity index (χ1n) is 6.09. The van der Waals surface area contributed by atoms with E-state index in [4.69, 9.17) is 0 Å². The molecule has 88 valence electrons. The van der Waals surface area contributed by atoms with Gasteiger partial charge in [-0.1, -0.05) is 13.3 Å². The molecule has 3 heteroatoms.